The number of piperidine rings is 1. The average molecular weight is 266 g/mol. The van der Waals surface area contributed by atoms with Gasteiger partial charge in [-0.25, -0.2) is 0 Å². The number of nitrogens with zero attached hydrogens (tertiary/aromatic N) is 1. The van der Waals surface area contributed by atoms with Crippen LogP contribution in [0.15, 0.2) is 0 Å². The molecule has 2 rings (SSSR count). The predicted octanol–water partition coefficient (Wildman–Crippen LogP) is 3.67. The Morgan fingerprint density at radius 2 is 2.00 bits per heavy atom. The van der Waals surface area contributed by atoms with E-state index in [1.165, 1.54) is 58.0 Å². The van der Waals surface area contributed by atoms with Crippen LogP contribution in [0.1, 0.15) is 65.7 Å². The lowest BCUT2D eigenvalue weighted by molar-refractivity contribution is 0.0610. The SMILES string of the molecule is CCCC1CCC(NCC)C(N2CCCC(C)C2)C1. The van der Waals surface area contributed by atoms with Gasteiger partial charge in [0.05, 0.1) is 0 Å². The summed E-state index contributed by atoms with van der Waals surface area (Å²) in [6, 6.07) is 1.57. The molecule has 0 amide bonds. The van der Waals surface area contributed by atoms with Gasteiger partial charge in [0, 0.05) is 18.6 Å². The van der Waals surface area contributed by atoms with Crippen LogP contribution in [-0.4, -0.2) is 36.6 Å². The van der Waals surface area contributed by atoms with E-state index in [4.69, 9.17) is 0 Å². The van der Waals surface area contributed by atoms with Crippen molar-refractivity contribution in [2.45, 2.75) is 77.8 Å². The van der Waals surface area contributed by atoms with E-state index in [1.807, 2.05) is 0 Å². The molecule has 2 heteroatoms. The van der Waals surface area contributed by atoms with E-state index in [2.05, 4.69) is 31.0 Å². The molecule has 1 aliphatic carbocycles. The highest BCUT2D eigenvalue weighted by atomic mass is 15.2. The van der Waals surface area contributed by atoms with Crippen LogP contribution in [0.3, 0.4) is 0 Å². The summed E-state index contributed by atoms with van der Waals surface area (Å²) in [5, 5.41) is 3.77. The quantitative estimate of drug-likeness (QED) is 0.817. The van der Waals surface area contributed by atoms with Gasteiger partial charge < -0.3 is 5.32 Å². The van der Waals surface area contributed by atoms with Crippen LogP contribution in [0.2, 0.25) is 0 Å². The van der Waals surface area contributed by atoms with Crippen molar-refractivity contribution in [2.75, 3.05) is 19.6 Å². The third-order valence-electron chi connectivity index (χ3n) is 5.25. The first-order valence-corrected chi connectivity index (χ1v) is 8.72. The highest BCUT2D eigenvalue weighted by Crippen LogP contribution is 2.33. The monoisotopic (exact) mass is 266 g/mol. The molecule has 0 aromatic rings. The normalized spacial score (nSPS) is 37.4. The van der Waals surface area contributed by atoms with Gasteiger partial charge in [-0.3, -0.25) is 4.90 Å². The van der Waals surface area contributed by atoms with Gasteiger partial charge >= 0.3 is 0 Å². The number of likely N-dealkylation sites (tertiary alicyclic amines) is 1. The molecule has 0 spiro atoms. The Hall–Kier alpha value is -0.0800. The Bertz CT molecular complexity index is 254. The van der Waals surface area contributed by atoms with Gasteiger partial charge in [0.1, 0.15) is 0 Å². The number of hydrogen-bond acceptors (Lipinski definition) is 2. The molecule has 0 aromatic carbocycles. The Kier molecular flexibility index (Phi) is 6.15. The zero-order valence-corrected chi connectivity index (χ0v) is 13.3. The fraction of sp³-hybridized carbons (Fsp3) is 1.00. The molecule has 19 heavy (non-hydrogen) atoms. The lowest BCUT2D eigenvalue weighted by Gasteiger charge is -2.45. The smallest absolute Gasteiger partial charge is 0.0252 e. The van der Waals surface area contributed by atoms with Crippen molar-refractivity contribution in [2.24, 2.45) is 11.8 Å². The molecule has 1 N–H and O–H groups in total. The maximum atomic E-state index is 3.77. The average Bonchev–Trinajstić information content (AvgIpc) is 2.41. The first kappa shape index (κ1) is 15.3. The number of nitrogens with one attached hydrogen (secondary N) is 1. The van der Waals surface area contributed by atoms with E-state index in [-0.39, 0.29) is 0 Å². The molecule has 0 bridgehead atoms. The third kappa shape index (κ3) is 4.19. The Labute approximate surface area is 120 Å². The summed E-state index contributed by atoms with van der Waals surface area (Å²) in [6.07, 6.45) is 9.94. The molecule has 1 saturated heterocycles. The Morgan fingerprint density at radius 3 is 2.68 bits per heavy atom. The number of rotatable bonds is 5. The second kappa shape index (κ2) is 7.64. The Morgan fingerprint density at radius 1 is 1.16 bits per heavy atom. The van der Waals surface area contributed by atoms with E-state index in [0.29, 0.717) is 0 Å². The highest BCUT2D eigenvalue weighted by molar-refractivity contribution is 4.92. The first-order valence-electron chi connectivity index (χ1n) is 8.72. The zero-order valence-electron chi connectivity index (χ0n) is 13.3. The van der Waals surface area contributed by atoms with Gasteiger partial charge in [-0.05, 0) is 57.0 Å². The molecule has 2 fully saturated rings. The van der Waals surface area contributed by atoms with Crippen molar-refractivity contribution in [1.82, 2.24) is 10.2 Å². The van der Waals surface area contributed by atoms with Gasteiger partial charge in [0.2, 0.25) is 0 Å². The number of likely N-dealkylation sites (N-methyl/N-ethyl adjacent to an activating group) is 1. The Balaban J connectivity index is 1.97. The van der Waals surface area contributed by atoms with E-state index in [1.54, 1.807) is 0 Å². The van der Waals surface area contributed by atoms with Crippen LogP contribution in [0.5, 0.6) is 0 Å². The molecule has 4 atom stereocenters. The molecule has 2 nitrogen and oxygen atoms in total. The first-order chi connectivity index (χ1) is 9.24. The van der Waals surface area contributed by atoms with Gasteiger partial charge in [-0.15, -0.1) is 0 Å². The molecule has 1 heterocycles. The summed E-state index contributed by atoms with van der Waals surface area (Å²) < 4.78 is 0. The van der Waals surface area contributed by atoms with E-state index in [0.717, 1.165) is 30.5 Å². The molecule has 0 aromatic heterocycles. The lowest BCUT2D eigenvalue weighted by atomic mass is 9.78. The van der Waals surface area contributed by atoms with Crippen molar-refractivity contribution in [3.63, 3.8) is 0 Å². The van der Waals surface area contributed by atoms with Crippen LogP contribution in [0, 0.1) is 11.8 Å². The zero-order chi connectivity index (χ0) is 13.7. The van der Waals surface area contributed by atoms with E-state index in [9.17, 15) is 0 Å². The minimum atomic E-state index is 0.753. The van der Waals surface area contributed by atoms with Crippen molar-refractivity contribution in [1.29, 1.82) is 0 Å². The second-order valence-electron chi connectivity index (χ2n) is 6.94. The maximum Gasteiger partial charge on any atom is 0.0252 e. The van der Waals surface area contributed by atoms with Crippen molar-refractivity contribution in [3.05, 3.63) is 0 Å². The minimum absolute atomic E-state index is 0.753. The summed E-state index contributed by atoms with van der Waals surface area (Å²) in [5.41, 5.74) is 0. The van der Waals surface area contributed by atoms with Crippen molar-refractivity contribution >= 4 is 0 Å². The minimum Gasteiger partial charge on any atom is -0.313 e. The third-order valence-corrected chi connectivity index (χ3v) is 5.25. The topological polar surface area (TPSA) is 15.3 Å². The van der Waals surface area contributed by atoms with Gasteiger partial charge in [0.25, 0.3) is 0 Å². The molecule has 112 valence electrons. The van der Waals surface area contributed by atoms with E-state index >= 15 is 0 Å². The lowest BCUT2D eigenvalue weighted by Crippen LogP contribution is -2.55. The summed E-state index contributed by atoms with van der Waals surface area (Å²) in [7, 11) is 0. The van der Waals surface area contributed by atoms with Crippen molar-refractivity contribution in [3.8, 4) is 0 Å². The largest absolute Gasteiger partial charge is 0.313 e. The molecule has 4 unspecified atom stereocenters. The molecule has 1 saturated carbocycles. The second-order valence-corrected chi connectivity index (χ2v) is 6.94. The van der Waals surface area contributed by atoms with Crippen LogP contribution in [0.25, 0.3) is 0 Å². The summed E-state index contributed by atoms with van der Waals surface area (Å²) in [4.78, 5) is 2.82. The van der Waals surface area contributed by atoms with Gasteiger partial charge in [-0.1, -0.05) is 33.6 Å². The fourth-order valence-electron chi connectivity index (χ4n) is 4.33. The summed E-state index contributed by atoms with van der Waals surface area (Å²) in [6.45, 7) is 10.8. The molecular formula is C17H34N2. The summed E-state index contributed by atoms with van der Waals surface area (Å²) >= 11 is 0. The highest BCUT2D eigenvalue weighted by Gasteiger charge is 2.34. The predicted molar refractivity (Wildman–Crippen MR) is 83.5 cm³/mol. The van der Waals surface area contributed by atoms with Gasteiger partial charge in [0.15, 0.2) is 0 Å². The summed E-state index contributed by atoms with van der Waals surface area (Å²) in [5.74, 6) is 1.89. The van der Waals surface area contributed by atoms with Crippen molar-refractivity contribution < 1.29 is 0 Å². The number of hydrogen-bond donors (Lipinski definition) is 1. The molecular weight excluding hydrogens is 232 g/mol. The van der Waals surface area contributed by atoms with Crippen LogP contribution >= 0.6 is 0 Å². The molecule has 2 aliphatic rings. The maximum absolute atomic E-state index is 3.77. The fourth-order valence-corrected chi connectivity index (χ4v) is 4.33. The van der Waals surface area contributed by atoms with Crippen LogP contribution < -0.4 is 5.32 Å². The molecule has 0 radical (unpaired) electrons. The van der Waals surface area contributed by atoms with Crippen LogP contribution in [0.4, 0.5) is 0 Å². The van der Waals surface area contributed by atoms with Crippen LogP contribution in [-0.2, 0) is 0 Å². The standard InChI is InChI=1S/C17H34N2/c1-4-7-15-9-10-16(18-5-2)17(12-15)19-11-6-8-14(3)13-19/h14-18H,4-13H2,1-3H3. The van der Waals surface area contributed by atoms with Gasteiger partial charge in [-0.2, -0.15) is 0 Å². The molecule has 1 aliphatic heterocycles. The van der Waals surface area contributed by atoms with E-state index < -0.39 is 0 Å².